The summed E-state index contributed by atoms with van der Waals surface area (Å²) in [7, 11) is 0. The molecule has 0 radical (unpaired) electrons. The molecule has 130 valence electrons. The van der Waals surface area contributed by atoms with Crippen molar-refractivity contribution in [3.05, 3.63) is 48.1 Å². The Kier molecular flexibility index (Phi) is 5.66. The Labute approximate surface area is 149 Å². The van der Waals surface area contributed by atoms with Gasteiger partial charge in [-0.1, -0.05) is 18.2 Å². The number of rotatable bonds is 6. The molecule has 7 nitrogen and oxygen atoms in total. The summed E-state index contributed by atoms with van der Waals surface area (Å²) in [5, 5.41) is 11.3. The van der Waals surface area contributed by atoms with Crippen molar-refractivity contribution in [2.75, 3.05) is 6.54 Å². The fraction of sp³-hybridized carbons (Fsp3) is 0.176. The number of carbonyl (C=O) groups excluding carboxylic acids is 2. The molecule has 0 saturated carbocycles. The Morgan fingerprint density at radius 3 is 2.60 bits per heavy atom. The minimum atomic E-state index is -1.08. The first-order chi connectivity index (χ1) is 11.8. The van der Waals surface area contributed by atoms with E-state index < -0.39 is 23.9 Å². The quantitative estimate of drug-likeness (QED) is 0.344. The second-order valence-electron chi connectivity index (χ2n) is 5.19. The molecular formula is C17H16N2O5S. The number of ether oxygens (including phenoxy) is 1. The van der Waals surface area contributed by atoms with Crippen LogP contribution in [-0.2, 0) is 14.4 Å². The summed E-state index contributed by atoms with van der Waals surface area (Å²) >= 11 is 4.98. The van der Waals surface area contributed by atoms with Crippen LogP contribution in [-0.4, -0.2) is 45.6 Å². The van der Waals surface area contributed by atoms with Gasteiger partial charge in [0.1, 0.15) is 11.3 Å². The van der Waals surface area contributed by atoms with Crippen molar-refractivity contribution in [3.8, 4) is 5.75 Å². The van der Waals surface area contributed by atoms with E-state index in [0.29, 0.717) is 11.3 Å². The lowest BCUT2D eigenvalue weighted by Crippen LogP contribution is -2.53. The van der Waals surface area contributed by atoms with Crippen molar-refractivity contribution in [2.45, 2.75) is 13.0 Å². The first-order valence-corrected chi connectivity index (χ1v) is 7.73. The van der Waals surface area contributed by atoms with Gasteiger partial charge < -0.3 is 9.84 Å². The van der Waals surface area contributed by atoms with Crippen LogP contribution < -0.4 is 10.1 Å². The minimum Gasteiger partial charge on any atom is -0.479 e. The normalized spacial score (nSPS) is 17.2. The molecule has 1 unspecified atom stereocenters. The van der Waals surface area contributed by atoms with E-state index in [1.807, 2.05) is 0 Å². The van der Waals surface area contributed by atoms with Gasteiger partial charge in [-0.05, 0) is 42.9 Å². The average molecular weight is 360 g/mol. The van der Waals surface area contributed by atoms with Crippen molar-refractivity contribution < 1.29 is 24.2 Å². The number of benzene rings is 1. The number of hydrogen-bond donors (Lipinski definition) is 2. The van der Waals surface area contributed by atoms with Gasteiger partial charge in [-0.15, -0.1) is 6.58 Å². The number of amides is 2. The monoisotopic (exact) mass is 360 g/mol. The number of thiocarbonyl (C=S) groups is 1. The number of aliphatic carboxylic acids is 1. The lowest BCUT2D eigenvalue weighted by Gasteiger charge is -2.27. The zero-order valence-electron chi connectivity index (χ0n) is 13.4. The molecule has 1 heterocycles. The molecule has 1 fully saturated rings. The van der Waals surface area contributed by atoms with Gasteiger partial charge in [0.05, 0.1) is 0 Å². The summed E-state index contributed by atoms with van der Waals surface area (Å²) in [6.45, 7) is 5.16. The fourth-order valence-corrected chi connectivity index (χ4v) is 2.30. The molecule has 1 aromatic rings. The van der Waals surface area contributed by atoms with Crippen LogP contribution in [0.15, 0.2) is 42.5 Å². The third-order valence-corrected chi connectivity index (χ3v) is 3.67. The molecule has 25 heavy (non-hydrogen) atoms. The first-order valence-electron chi connectivity index (χ1n) is 7.32. The van der Waals surface area contributed by atoms with Crippen molar-refractivity contribution in [1.82, 2.24) is 10.2 Å². The van der Waals surface area contributed by atoms with Crippen LogP contribution in [0.4, 0.5) is 0 Å². The summed E-state index contributed by atoms with van der Waals surface area (Å²) in [4.78, 5) is 36.4. The Balaban J connectivity index is 2.22. The molecule has 1 atom stereocenters. The van der Waals surface area contributed by atoms with Crippen molar-refractivity contribution in [3.63, 3.8) is 0 Å². The van der Waals surface area contributed by atoms with E-state index in [1.54, 1.807) is 24.3 Å². The number of nitrogens with one attached hydrogen (secondary N) is 1. The van der Waals surface area contributed by atoms with Crippen LogP contribution in [0.5, 0.6) is 5.75 Å². The third-order valence-electron chi connectivity index (χ3n) is 3.35. The SMILES string of the molecule is C=CCN1C(=O)/C(=C/c2ccc(OC(C)C(=O)O)cc2)C(=O)NC1=S. The van der Waals surface area contributed by atoms with E-state index >= 15 is 0 Å². The maximum atomic E-state index is 12.4. The third kappa shape index (κ3) is 4.30. The Morgan fingerprint density at radius 1 is 1.40 bits per heavy atom. The Bertz CT molecular complexity index is 770. The summed E-state index contributed by atoms with van der Waals surface area (Å²) in [6, 6.07) is 6.34. The first kappa shape index (κ1) is 18.3. The van der Waals surface area contributed by atoms with Gasteiger partial charge in [-0.2, -0.15) is 0 Å². The van der Waals surface area contributed by atoms with Gasteiger partial charge in [0.2, 0.25) is 0 Å². The zero-order chi connectivity index (χ0) is 18.6. The number of carboxylic acids is 1. The van der Waals surface area contributed by atoms with Gasteiger partial charge in [-0.25, -0.2) is 4.79 Å². The molecule has 2 N–H and O–H groups in total. The molecule has 1 aliphatic rings. The number of nitrogens with zero attached hydrogens (tertiary/aromatic N) is 1. The maximum Gasteiger partial charge on any atom is 0.344 e. The topological polar surface area (TPSA) is 95.9 Å². The highest BCUT2D eigenvalue weighted by Crippen LogP contribution is 2.18. The Hall–Kier alpha value is -3.00. The highest BCUT2D eigenvalue weighted by molar-refractivity contribution is 7.80. The van der Waals surface area contributed by atoms with E-state index in [1.165, 1.54) is 24.0 Å². The van der Waals surface area contributed by atoms with Crippen molar-refractivity contribution in [2.24, 2.45) is 0 Å². The lowest BCUT2D eigenvalue weighted by atomic mass is 10.1. The van der Waals surface area contributed by atoms with Gasteiger partial charge in [0.25, 0.3) is 11.8 Å². The number of carbonyl (C=O) groups is 3. The molecule has 1 aromatic carbocycles. The van der Waals surface area contributed by atoms with Crippen LogP contribution in [0.2, 0.25) is 0 Å². The predicted molar refractivity (Wildman–Crippen MR) is 94.8 cm³/mol. The zero-order valence-corrected chi connectivity index (χ0v) is 14.2. The summed E-state index contributed by atoms with van der Waals surface area (Å²) in [5.74, 6) is -1.79. The van der Waals surface area contributed by atoms with Crippen LogP contribution in [0.3, 0.4) is 0 Å². The fourth-order valence-electron chi connectivity index (χ4n) is 2.05. The minimum absolute atomic E-state index is 0.0402. The molecule has 0 spiro atoms. The molecule has 0 bridgehead atoms. The van der Waals surface area contributed by atoms with Crippen LogP contribution in [0.25, 0.3) is 6.08 Å². The highest BCUT2D eigenvalue weighted by atomic mass is 32.1. The van der Waals surface area contributed by atoms with E-state index in [9.17, 15) is 14.4 Å². The molecule has 2 rings (SSSR count). The van der Waals surface area contributed by atoms with Gasteiger partial charge in [0.15, 0.2) is 11.2 Å². The van der Waals surface area contributed by atoms with Crippen LogP contribution in [0, 0.1) is 0 Å². The Morgan fingerprint density at radius 2 is 2.04 bits per heavy atom. The second kappa shape index (κ2) is 7.71. The average Bonchev–Trinajstić information content (AvgIpc) is 2.56. The highest BCUT2D eigenvalue weighted by Gasteiger charge is 2.32. The maximum absolute atomic E-state index is 12.4. The molecule has 8 heteroatoms. The van der Waals surface area contributed by atoms with E-state index in [2.05, 4.69) is 11.9 Å². The summed E-state index contributed by atoms with van der Waals surface area (Å²) in [5.41, 5.74) is 0.531. The molecule has 1 saturated heterocycles. The summed E-state index contributed by atoms with van der Waals surface area (Å²) < 4.78 is 5.22. The van der Waals surface area contributed by atoms with Crippen LogP contribution in [0.1, 0.15) is 12.5 Å². The molecule has 0 aliphatic carbocycles. The lowest BCUT2D eigenvalue weighted by molar-refractivity contribution is -0.144. The van der Waals surface area contributed by atoms with Crippen LogP contribution >= 0.6 is 12.2 Å². The molecule has 1 aliphatic heterocycles. The largest absolute Gasteiger partial charge is 0.479 e. The number of hydrogen-bond acceptors (Lipinski definition) is 5. The van der Waals surface area contributed by atoms with Crippen molar-refractivity contribution in [1.29, 1.82) is 0 Å². The van der Waals surface area contributed by atoms with Gasteiger partial charge >= 0.3 is 5.97 Å². The van der Waals surface area contributed by atoms with Gasteiger partial charge in [-0.3, -0.25) is 19.8 Å². The molecule has 2 amide bonds. The van der Waals surface area contributed by atoms with E-state index in [-0.39, 0.29) is 17.2 Å². The molecule has 0 aromatic heterocycles. The number of carboxylic acid groups (broad SMARTS) is 1. The van der Waals surface area contributed by atoms with Crippen molar-refractivity contribution >= 4 is 41.2 Å². The van der Waals surface area contributed by atoms with Gasteiger partial charge in [0, 0.05) is 6.54 Å². The summed E-state index contributed by atoms with van der Waals surface area (Å²) in [6.07, 6.45) is 1.96. The smallest absolute Gasteiger partial charge is 0.344 e. The predicted octanol–water partition coefficient (Wildman–Crippen LogP) is 1.35. The second-order valence-corrected chi connectivity index (χ2v) is 5.58. The standard InChI is InChI=1S/C17H16N2O5S/c1-3-8-19-15(21)13(14(20)18-17(19)25)9-11-4-6-12(7-5-11)24-10(2)16(22)23/h3-7,9-10H,1,8H2,2H3,(H,22,23)(H,18,20,25)/b13-9+. The molecular weight excluding hydrogens is 344 g/mol. The van der Waals surface area contributed by atoms with E-state index in [0.717, 1.165) is 0 Å². The van der Waals surface area contributed by atoms with E-state index in [4.69, 9.17) is 22.1 Å².